The van der Waals surface area contributed by atoms with E-state index >= 15 is 0 Å². The van der Waals surface area contributed by atoms with Crippen LogP contribution in [0.2, 0.25) is 0 Å². The van der Waals surface area contributed by atoms with E-state index in [1.165, 1.54) is 12.0 Å². The lowest BCUT2D eigenvalue weighted by molar-refractivity contribution is -0.134. The van der Waals surface area contributed by atoms with E-state index in [1.807, 2.05) is 30.1 Å². The molecule has 0 radical (unpaired) electrons. The van der Waals surface area contributed by atoms with E-state index in [9.17, 15) is 4.79 Å². The molecule has 1 amide bonds. The minimum atomic E-state index is 0.239. The van der Waals surface area contributed by atoms with Crippen molar-refractivity contribution >= 4 is 27.8 Å². The Labute approximate surface area is 159 Å². The molecule has 0 aliphatic carbocycles. The lowest BCUT2D eigenvalue weighted by atomic mass is 10.0. The molecule has 5 nitrogen and oxygen atoms in total. The third-order valence-corrected chi connectivity index (χ3v) is 5.46. The summed E-state index contributed by atoms with van der Waals surface area (Å²) in [6.45, 7) is 4.40. The number of guanidine groups is 1. The van der Waals surface area contributed by atoms with Gasteiger partial charge in [0.2, 0.25) is 5.91 Å². The number of carbonyl (C=O) groups is 1. The molecule has 1 atom stereocenters. The molecule has 6 heteroatoms. The molecule has 1 aromatic carbocycles. The van der Waals surface area contributed by atoms with Crippen molar-refractivity contribution in [2.75, 3.05) is 27.2 Å². The molecule has 1 heterocycles. The monoisotopic (exact) mass is 408 g/mol. The van der Waals surface area contributed by atoms with Gasteiger partial charge >= 0.3 is 0 Å². The smallest absolute Gasteiger partial charge is 0.224 e. The maximum atomic E-state index is 12.4. The van der Waals surface area contributed by atoms with Crippen LogP contribution in [0.4, 0.5) is 0 Å². The van der Waals surface area contributed by atoms with Crippen molar-refractivity contribution in [3.05, 3.63) is 34.3 Å². The number of piperidine rings is 1. The summed E-state index contributed by atoms with van der Waals surface area (Å²) >= 11 is 3.58. The van der Waals surface area contributed by atoms with E-state index < -0.39 is 0 Å². The zero-order valence-corrected chi connectivity index (χ0v) is 17.1. The fraction of sp³-hybridized carbons (Fsp3) is 0.579. The Morgan fingerprint density at radius 3 is 2.84 bits per heavy atom. The van der Waals surface area contributed by atoms with Crippen LogP contribution in [-0.2, 0) is 11.3 Å². The van der Waals surface area contributed by atoms with Gasteiger partial charge in [-0.15, -0.1) is 0 Å². The van der Waals surface area contributed by atoms with Gasteiger partial charge in [-0.1, -0.05) is 34.1 Å². The molecule has 0 spiro atoms. The second kappa shape index (κ2) is 9.80. The van der Waals surface area contributed by atoms with Gasteiger partial charge in [-0.2, -0.15) is 0 Å². The second-order valence-corrected chi connectivity index (χ2v) is 7.46. The highest BCUT2D eigenvalue weighted by molar-refractivity contribution is 9.10. The molecule has 1 aromatic rings. The van der Waals surface area contributed by atoms with Gasteiger partial charge in [0, 0.05) is 50.7 Å². The minimum absolute atomic E-state index is 0.239. The van der Waals surface area contributed by atoms with E-state index in [1.54, 1.807) is 7.05 Å². The van der Waals surface area contributed by atoms with Crippen molar-refractivity contribution in [2.24, 2.45) is 4.99 Å². The number of aliphatic imine (C=N–C) groups is 1. The molecule has 25 heavy (non-hydrogen) atoms. The summed E-state index contributed by atoms with van der Waals surface area (Å²) in [6, 6.07) is 8.54. The van der Waals surface area contributed by atoms with Crippen LogP contribution in [0.3, 0.4) is 0 Å². The fourth-order valence-corrected chi connectivity index (χ4v) is 3.65. The lowest BCUT2D eigenvalue weighted by Gasteiger charge is -2.33. The van der Waals surface area contributed by atoms with Gasteiger partial charge in [-0.25, -0.2) is 0 Å². The van der Waals surface area contributed by atoms with Crippen LogP contribution < -0.4 is 5.32 Å². The molecule has 138 valence electrons. The molecule has 0 aromatic heterocycles. The van der Waals surface area contributed by atoms with Gasteiger partial charge in [0.05, 0.1) is 0 Å². The number of hydrogen-bond donors (Lipinski definition) is 1. The number of halogens is 1. The van der Waals surface area contributed by atoms with E-state index in [4.69, 9.17) is 0 Å². The summed E-state index contributed by atoms with van der Waals surface area (Å²) < 4.78 is 1.09. The Morgan fingerprint density at radius 2 is 2.16 bits per heavy atom. The van der Waals surface area contributed by atoms with E-state index in [0.717, 1.165) is 36.4 Å². The predicted octanol–water partition coefficient (Wildman–Crippen LogP) is 3.25. The molecule has 0 bridgehead atoms. The van der Waals surface area contributed by atoms with Gasteiger partial charge in [0.25, 0.3) is 0 Å². The maximum absolute atomic E-state index is 12.4. The molecule has 1 N–H and O–H groups in total. The number of hydrogen-bond acceptors (Lipinski definition) is 2. The molecular formula is C19H29BrN4O. The molecular weight excluding hydrogens is 380 g/mol. The molecule has 1 aliphatic rings. The SMILES string of the molecule is CN=C(NCCC(=O)N1CCCCC1C)N(C)Cc1ccccc1Br. The summed E-state index contributed by atoms with van der Waals surface area (Å²) in [5.74, 6) is 1.04. The fourth-order valence-electron chi connectivity index (χ4n) is 3.24. The minimum Gasteiger partial charge on any atom is -0.356 e. The zero-order valence-electron chi connectivity index (χ0n) is 15.5. The van der Waals surface area contributed by atoms with E-state index in [-0.39, 0.29) is 5.91 Å². The first-order chi connectivity index (χ1) is 12.0. The van der Waals surface area contributed by atoms with Crippen molar-refractivity contribution < 1.29 is 4.79 Å². The Kier molecular flexibility index (Phi) is 7.75. The average Bonchev–Trinajstić information content (AvgIpc) is 2.60. The first-order valence-corrected chi connectivity index (χ1v) is 9.77. The molecule has 1 aliphatic heterocycles. The first kappa shape index (κ1) is 19.8. The van der Waals surface area contributed by atoms with Crippen molar-refractivity contribution in [3.8, 4) is 0 Å². The van der Waals surface area contributed by atoms with Crippen LogP contribution in [0.5, 0.6) is 0 Å². The largest absolute Gasteiger partial charge is 0.356 e. The van der Waals surface area contributed by atoms with Crippen molar-refractivity contribution in [3.63, 3.8) is 0 Å². The highest BCUT2D eigenvalue weighted by Gasteiger charge is 2.22. The number of rotatable bonds is 5. The van der Waals surface area contributed by atoms with Crippen molar-refractivity contribution in [1.29, 1.82) is 0 Å². The quantitative estimate of drug-likeness (QED) is 0.600. The summed E-state index contributed by atoms with van der Waals surface area (Å²) in [4.78, 5) is 20.8. The van der Waals surface area contributed by atoms with Gasteiger partial charge in [0.15, 0.2) is 5.96 Å². The van der Waals surface area contributed by atoms with Gasteiger partial charge in [0.1, 0.15) is 0 Å². The summed E-state index contributed by atoms with van der Waals surface area (Å²) in [5.41, 5.74) is 1.20. The first-order valence-electron chi connectivity index (χ1n) is 8.97. The van der Waals surface area contributed by atoms with E-state index in [0.29, 0.717) is 19.0 Å². The van der Waals surface area contributed by atoms with Crippen LogP contribution in [0.15, 0.2) is 33.7 Å². The number of amides is 1. The number of benzene rings is 1. The van der Waals surface area contributed by atoms with Crippen molar-refractivity contribution in [1.82, 2.24) is 15.1 Å². The molecule has 2 rings (SSSR count). The molecule has 1 saturated heterocycles. The Morgan fingerprint density at radius 1 is 1.40 bits per heavy atom. The topological polar surface area (TPSA) is 47.9 Å². The lowest BCUT2D eigenvalue weighted by Crippen LogP contribution is -2.44. The second-order valence-electron chi connectivity index (χ2n) is 6.60. The van der Waals surface area contributed by atoms with Crippen LogP contribution >= 0.6 is 15.9 Å². The molecule has 0 saturated carbocycles. The highest BCUT2D eigenvalue weighted by atomic mass is 79.9. The maximum Gasteiger partial charge on any atom is 0.224 e. The number of nitrogens with one attached hydrogen (secondary N) is 1. The Hall–Kier alpha value is -1.56. The van der Waals surface area contributed by atoms with Crippen LogP contribution in [0.25, 0.3) is 0 Å². The van der Waals surface area contributed by atoms with Gasteiger partial charge < -0.3 is 15.1 Å². The standard InChI is InChI=1S/C19H29BrN4O/c1-15-8-6-7-13-24(15)18(25)11-12-22-19(21-2)23(3)14-16-9-4-5-10-17(16)20/h4-5,9-10,15H,6-8,11-14H2,1-3H3,(H,21,22). The Balaban J connectivity index is 1.81. The van der Waals surface area contributed by atoms with Crippen molar-refractivity contribution in [2.45, 2.75) is 45.2 Å². The average molecular weight is 409 g/mol. The Bertz CT molecular complexity index is 605. The van der Waals surface area contributed by atoms with Gasteiger partial charge in [-0.3, -0.25) is 9.79 Å². The zero-order chi connectivity index (χ0) is 18.2. The third kappa shape index (κ3) is 5.73. The third-order valence-electron chi connectivity index (χ3n) is 4.68. The summed E-state index contributed by atoms with van der Waals surface area (Å²) in [5, 5.41) is 3.31. The summed E-state index contributed by atoms with van der Waals surface area (Å²) in [6.07, 6.45) is 3.98. The number of carbonyl (C=O) groups excluding carboxylic acids is 1. The molecule has 1 unspecified atom stereocenters. The van der Waals surface area contributed by atoms with Crippen LogP contribution in [-0.4, -0.2) is 54.9 Å². The molecule has 1 fully saturated rings. The number of likely N-dealkylation sites (tertiary alicyclic amines) is 1. The normalized spacial score (nSPS) is 18.2. The van der Waals surface area contributed by atoms with Crippen LogP contribution in [0, 0.1) is 0 Å². The van der Waals surface area contributed by atoms with Gasteiger partial charge in [-0.05, 0) is 37.8 Å². The number of nitrogens with zero attached hydrogens (tertiary/aromatic N) is 3. The highest BCUT2D eigenvalue weighted by Crippen LogP contribution is 2.18. The summed E-state index contributed by atoms with van der Waals surface area (Å²) in [7, 11) is 3.77. The predicted molar refractivity (Wildman–Crippen MR) is 107 cm³/mol. The van der Waals surface area contributed by atoms with E-state index in [2.05, 4.69) is 44.1 Å². The van der Waals surface area contributed by atoms with Crippen LogP contribution in [0.1, 0.15) is 38.2 Å².